The van der Waals surface area contributed by atoms with Gasteiger partial charge in [0, 0.05) is 36.6 Å². The first-order chi connectivity index (χ1) is 14.0. The number of hydrogen-bond donors (Lipinski definition) is 0. The van der Waals surface area contributed by atoms with Gasteiger partial charge in [0.15, 0.2) is 0 Å². The van der Waals surface area contributed by atoms with E-state index >= 15 is 0 Å². The zero-order chi connectivity index (χ0) is 20.4. The number of carbonyl (C=O) groups excluding carboxylic acids is 2. The van der Waals surface area contributed by atoms with Gasteiger partial charge in [0.05, 0.1) is 4.88 Å². The molecule has 2 amide bonds. The van der Waals surface area contributed by atoms with E-state index < -0.39 is 6.61 Å². The van der Waals surface area contributed by atoms with Crippen LogP contribution in [-0.4, -0.2) is 54.4 Å². The second-order valence-corrected chi connectivity index (χ2v) is 8.39. The summed E-state index contributed by atoms with van der Waals surface area (Å²) in [4.78, 5) is 31.1. The van der Waals surface area contributed by atoms with E-state index in [4.69, 9.17) is 0 Å². The zero-order valence-corrected chi connectivity index (χ0v) is 16.7. The summed E-state index contributed by atoms with van der Waals surface area (Å²) in [6.07, 6.45) is 4.48. The molecule has 29 heavy (non-hydrogen) atoms. The number of benzene rings is 1. The highest BCUT2D eigenvalue weighted by Gasteiger charge is 2.27. The van der Waals surface area contributed by atoms with Crippen LogP contribution in [0.5, 0.6) is 5.75 Å². The van der Waals surface area contributed by atoms with Gasteiger partial charge in [-0.15, -0.1) is 11.3 Å². The summed E-state index contributed by atoms with van der Waals surface area (Å²) in [6, 6.07) is 7.84. The predicted octanol–water partition coefficient (Wildman–Crippen LogP) is 3.83. The molecular formula is C21H22F2N2O3S. The van der Waals surface area contributed by atoms with Crippen LogP contribution in [0.4, 0.5) is 8.78 Å². The quantitative estimate of drug-likeness (QED) is 0.756. The molecule has 2 aromatic rings. The van der Waals surface area contributed by atoms with Crippen molar-refractivity contribution in [2.24, 2.45) is 0 Å². The Morgan fingerprint density at radius 1 is 0.966 bits per heavy atom. The number of hydrogen-bond acceptors (Lipinski definition) is 4. The van der Waals surface area contributed by atoms with E-state index in [1.807, 2.05) is 6.07 Å². The summed E-state index contributed by atoms with van der Waals surface area (Å²) in [5, 5.41) is 0. The maximum atomic E-state index is 12.9. The molecule has 0 spiro atoms. The van der Waals surface area contributed by atoms with Crippen molar-refractivity contribution in [2.75, 3.05) is 26.2 Å². The summed E-state index contributed by atoms with van der Waals surface area (Å²) in [6.45, 7) is -1.19. The number of thiophene rings is 1. The number of alkyl halides is 2. The van der Waals surface area contributed by atoms with Gasteiger partial charge < -0.3 is 14.5 Å². The average Bonchev–Trinajstić information content (AvgIpc) is 3.17. The zero-order valence-electron chi connectivity index (χ0n) is 15.9. The Kier molecular flexibility index (Phi) is 5.80. The van der Waals surface area contributed by atoms with Gasteiger partial charge >= 0.3 is 6.61 Å². The summed E-state index contributed by atoms with van der Waals surface area (Å²) in [7, 11) is 0. The summed E-state index contributed by atoms with van der Waals surface area (Å²) < 4.78 is 29.1. The van der Waals surface area contributed by atoms with Crippen molar-refractivity contribution in [3.05, 3.63) is 51.2 Å². The van der Waals surface area contributed by atoms with Gasteiger partial charge in [-0.2, -0.15) is 8.78 Å². The summed E-state index contributed by atoms with van der Waals surface area (Å²) in [5.41, 5.74) is 1.61. The molecule has 0 saturated carbocycles. The van der Waals surface area contributed by atoms with Gasteiger partial charge in [-0.3, -0.25) is 9.59 Å². The maximum Gasteiger partial charge on any atom is 0.387 e. The number of amides is 2. The van der Waals surface area contributed by atoms with Crippen LogP contribution in [0.15, 0.2) is 30.3 Å². The minimum atomic E-state index is -2.93. The molecule has 5 nitrogen and oxygen atoms in total. The third-order valence-corrected chi connectivity index (χ3v) is 6.59. The van der Waals surface area contributed by atoms with Crippen LogP contribution in [0.3, 0.4) is 0 Å². The molecule has 1 fully saturated rings. The normalized spacial score (nSPS) is 16.7. The molecule has 1 aromatic carbocycles. The van der Waals surface area contributed by atoms with Gasteiger partial charge in [-0.1, -0.05) is 6.07 Å². The van der Waals surface area contributed by atoms with Crippen molar-refractivity contribution in [1.82, 2.24) is 9.80 Å². The Labute approximate surface area is 171 Å². The van der Waals surface area contributed by atoms with Crippen LogP contribution in [0, 0.1) is 0 Å². The number of nitrogens with zero attached hydrogens (tertiary/aromatic N) is 2. The second-order valence-electron chi connectivity index (χ2n) is 7.26. The molecule has 1 saturated heterocycles. The van der Waals surface area contributed by atoms with Crippen molar-refractivity contribution >= 4 is 23.2 Å². The van der Waals surface area contributed by atoms with Gasteiger partial charge in [0.1, 0.15) is 5.75 Å². The molecule has 4 rings (SSSR count). The molecule has 0 atom stereocenters. The third-order valence-electron chi connectivity index (χ3n) is 5.37. The van der Waals surface area contributed by atoms with Crippen molar-refractivity contribution in [2.45, 2.75) is 32.3 Å². The molecule has 8 heteroatoms. The Bertz CT molecular complexity index is 884. The standard InChI is InChI=1S/C21H22F2N2O3S/c22-21(23)28-16-6-3-5-15(12-16)19(26)24-8-10-25(11-9-24)20(27)18-13-14-4-1-2-7-17(14)29-18/h3,5-6,12-13,21H,1-2,4,7-11H2. The van der Waals surface area contributed by atoms with E-state index in [9.17, 15) is 18.4 Å². The van der Waals surface area contributed by atoms with E-state index in [0.29, 0.717) is 31.7 Å². The smallest absolute Gasteiger partial charge is 0.387 e. The van der Waals surface area contributed by atoms with E-state index in [0.717, 1.165) is 17.7 Å². The Morgan fingerprint density at radius 3 is 2.34 bits per heavy atom. The van der Waals surface area contributed by atoms with Gasteiger partial charge in [-0.05, 0) is 55.5 Å². The van der Waals surface area contributed by atoms with E-state index in [-0.39, 0.29) is 17.6 Å². The predicted molar refractivity (Wildman–Crippen MR) is 106 cm³/mol. The van der Waals surface area contributed by atoms with Crippen LogP contribution in [0.25, 0.3) is 0 Å². The number of piperazine rings is 1. The second kappa shape index (κ2) is 8.49. The molecule has 1 aliphatic heterocycles. The van der Waals surface area contributed by atoms with E-state index in [1.165, 1.54) is 41.5 Å². The number of rotatable bonds is 4. The molecule has 1 aliphatic carbocycles. The average molecular weight is 420 g/mol. The van der Waals surface area contributed by atoms with Gasteiger partial charge in [-0.25, -0.2) is 0 Å². The van der Waals surface area contributed by atoms with Crippen LogP contribution in [-0.2, 0) is 12.8 Å². The molecule has 0 bridgehead atoms. The van der Waals surface area contributed by atoms with Crippen LogP contribution in [0.2, 0.25) is 0 Å². The van der Waals surface area contributed by atoms with Crippen molar-refractivity contribution in [1.29, 1.82) is 0 Å². The number of aryl methyl sites for hydroxylation is 2. The van der Waals surface area contributed by atoms with E-state index in [1.54, 1.807) is 27.2 Å². The fraction of sp³-hybridized carbons (Fsp3) is 0.429. The fourth-order valence-corrected chi connectivity index (χ4v) is 5.07. The fourth-order valence-electron chi connectivity index (χ4n) is 3.85. The highest BCUT2D eigenvalue weighted by molar-refractivity contribution is 7.14. The number of carbonyl (C=O) groups is 2. The monoisotopic (exact) mass is 420 g/mol. The number of fused-ring (bicyclic) bond motifs is 1. The molecule has 0 radical (unpaired) electrons. The summed E-state index contributed by atoms with van der Waals surface area (Å²) in [5.74, 6) is -0.256. The lowest BCUT2D eigenvalue weighted by molar-refractivity contribution is -0.0499. The Morgan fingerprint density at radius 2 is 1.66 bits per heavy atom. The highest BCUT2D eigenvalue weighted by atomic mass is 32.1. The van der Waals surface area contributed by atoms with Crippen molar-refractivity contribution in [3.8, 4) is 5.75 Å². The topological polar surface area (TPSA) is 49.9 Å². The SMILES string of the molecule is O=C(c1cccc(OC(F)F)c1)N1CCN(C(=O)c2cc3c(s2)CCCC3)CC1. The first-order valence-corrected chi connectivity index (χ1v) is 10.6. The number of ether oxygens (including phenoxy) is 1. The first kappa shape index (κ1) is 19.8. The van der Waals surface area contributed by atoms with Crippen LogP contribution < -0.4 is 4.74 Å². The molecule has 0 N–H and O–H groups in total. The molecule has 1 aromatic heterocycles. The molecule has 2 aliphatic rings. The maximum absolute atomic E-state index is 12.9. The van der Waals surface area contributed by atoms with Gasteiger partial charge in [0.25, 0.3) is 11.8 Å². The Hall–Kier alpha value is -2.48. The van der Waals surface area contributed by atoms with Crippen LogP contribution in [0.1, 0.15) is 43.3 Å². The van der Waals surface area contributed by atoms with Gasteiger partial charge in [0.2, 0.25) is 0 Å². The third kappa shape index (κ3) is 4.42. The molecule has 154 valence electrons. The van der Waals surface area contributed by atoms with E-state index in [2.05, 4.69) is 4.74 Å². The largest absolute Gasteiger partial charge is 0.435 e. The lowest BCUT2D eigenvalue weighted by Crippen LogP contribution is -2.50. The number of halogens is 2. The lowest BCUT2D eigenvalue weighted by Gasteiger charge is -2.34. The summed E-state index contributed by atoms with van der Waals surface area (Å²) >= 11 is 1.60. The highest BCUT2D eigenvalue weighted by Crippen LogP contribution is 2.30. The minimum absolute atomic E-state index is 0.0313. The molecule has 0 unspecified atom stereocenters. The Balaban J connectivity index is 1.37. The minimum Gasteiger partial charge on any atom is -0.435 e. The van der Waals surface area contributed by atoms with Crippen molar-refractivity contribution < 1.29 is 23.1 Å². The molecule has 2 heterocycles. The first-order valence-electron chi connectivity index (χ1n) is 9.76. The van der Waals surface area contributed by atoms with Crippen molar-refractivity contribution in [3.63, 3.8) is 0 Å². The van der Waals surface area contributed by atoms with Crippen LogP contribution >= 0.6 is 11.3 Å². The molecular weight excluding hydrogens is 398 g/mol. The lowest BCUT2D eigenvalue weighted by atomic mass is 9.99.